The number of ether oxygens (including phenoxy) is 1. The molecule has 0 spiro atoms. The lowest BCUT2D eigenvalue weighted by atomic mass is 9.97. The number of hydrogen-bond acceptors (Lipinski definition) is 5. The molecule has 5 nitrogen and oxygen atoms in total. The van der Waals surface area contributed by atoms with E-state index in [4.69, 9.17) is 4.74 Å². The number of rotatable bonds is 4. The van der Waals surface area contributed by atoms with E-state index < -0.39 is 0 Å². The number of benzene rings is 1. The van der Waals surface area contributed by atoms with Crippen LogP contribution in [-0.2, 0) is 7.05 Å². The number of thiazole rings is 1. The number of hydrogen-bond donors (Lipinski definition) is 0. The number of methoxy groups -OCH3 is 1. The molecule has 3 aromatic heterocycles. The molecule has 0 aliphatic heterocycles. The molecule has 3 heterocycles. The van der Waals surface area contributed by atoms with Crippen molar-refractivity contribution in [2.24, 2.45) is 7.05 Å². The molecule has 4 aromatic rings. The molecule has 1 aromatic carbocycles. The Hall–Kier alpha value is -3.25. The Kier molecular flexibility index (Phi) is 4.79. The van der Waals surface area contributed by atoms with Crippen molar-refractivity contribution in [2.45, 2.75) is 6.92 Å². The van der Waals surface area contributed by atoms with Crippen LogP contribution in [0.25, 0.3) is 33.0 Å². The van der Waals surface area contributed by atoms with Gasteiger partial charge in [0, 0.05) is 41.6 Å². The van der Waals surface area contributed by atoms with Crippen molar-refractivity contribution in [3.8, 4) is 38.7 Å². The molecule has 6 heteroatoms. The smallest absolute Gasteiger partial charge is 0.261 e. The highest BCUT2D eigenvalue weighted by Crippen LogP contribution is 2.34. The lowest BCUT2D eigenvalue weighted by Gasteiger charge is -2.16. The van der Waals surface area contributed by atoms with Gasteiger partial charge in [-0.15, -0.1) is 11.3 Å². The second-order valence-corrected chi connectivity index (χ2v) is 7.30. The fourth-order valence-electron chi connectivity index (χ4n) is 3.22. The average Bonchev–Trinajstić information content (AvgIpc) is 3.16. The summed E-state index contributed by atoms with van der Waals surface area (Å²) in [5.41, 5.74) is 5.17. The zero-order valence-electron chi connectivity index (χ0n) is 15.8. The van der Waals surface area contributed by atoms with E-state index in [1.54, 1.807) is 31.1 Å². The van der Waals surface area contributed by atoms with E-state index in [1.165, 1.54) is 11.3 Å². The minimum atomic E-state index is -0.0709. The fourth-order valence-corrected chi connectivity index (χ4v) is 4.02. The van der Waals surface area contributed by atoms with Crippen molar-refractivity contribution in [1.29, 1.82) is 0 Å². The average molecular weight is 389 g/mol. The standard InChI is InChI=1S/C22H19N3O2S/c1-14-13-28-21(24-14)19-12-18(15-4-6-17(27-3)7-5-15)20(25(2)22(19)26)16-8-10-23-11-9-16/h4-13H,1-3H3. The van der Waals surface area contributed by atoms with Crippen LogP contribution in [0.5, 0.6) is 5.75 Å². The van der Waals surface area contributed by atoms with Crippen molar-refractivity contribution in [3.63, 3.8) is 0 Å². The predicted molar refractivity (Wildman–Crippen MR) is 113 cm³/mol. The Labute approximate surface area is 166 Å². The van der Waals surface area contributed by atoms with Gasteiger partial charge in [0.25, 0.3) is 5.56 Å². The normalized spacial score (nSPS) is 10.8. The van der Waals surface area contributed by atoms with Crippen LogP contribution in [0.3, 0.4) is 0 Å². The maximum atomic E-state index is 13.2. The van der Waals surface area contributed by atoms with E-state index in [0.29, 0.717) is 5.56 Å². The maximum Gasteiger partial charge on any atom is 0.261 e. The third-order valence-corrected chi connectivity index (χ3v) is 5.61. The molecule has 0 bridgehead atoms. The summed E-state index contributed by atoms with van der Waals surface area (Å²) in [6, 6.07) is 13.6. The molecule has 0 aliphatic carbocycles. The van der Waals surface area contributed by atoms with E-state index in [-0.39, 0.29) is 5.56 Å². The van der Waals surface area contributed by atoms with Gasteiger partial charge in [-0.1, -0.05) is 12.1 Å². The second-order valence-electron chi connectivity index (χ2n) is 6.44. The highest BCUT2D eigenvalue weighted by molar-refractivity contribution is 7.13. The molecule has 0 N–H and O–H groups in total. The molecular weight excluding hydrogens is 370 g/mol. The Balaban J connectivity index is 2.02. The summed E-state index contributed by atoms with van der Waals surface area (Å²) in [4.78, 5) is 21.8. The lowest BCUT2D eigenvalue weighted by molar-refractivity contribution is 0.415. The van der Waals surface area contributed by atoms with Gasteiger partial charge < -0.3 is 9.30 Å². The Morgan fingerprint density at radius 2 is 1.71 bits per heavy atom. The van der Waals surface area contributed by atoms with Gasteiger partial charge in [-0.25, -0.2) is 4.98 Å². The van der Waals surface area contributed by atoms with E-state index in [9.17, 15) is 4.79 Å². The lowest BCUT2D eigenvalue weighted by Crippen LogP contribution is -2.21. The first kappa shape index (κ1) is 18.1. The molecule has 0 fully saturated rings. The van der Waals surface area contributed by atoms with Crippen molar-refractivity contribution in [3.05, 3.63) is 76.3 Å². The summed E-state index contributed by atoms with van der Waals surface area (Å²) in [6.07, 6.45) is 3.46. The van der Waals surface area contributed by atoms with E-state index in [0.717, 1.165) is 38.8 Å². The van der Waals surface area contributed by atoms with Crippen molar-refractivity contribution < 1.29 is 4.74 Å². The molecule has 0 radical (unpaired) electrons. The maximum absolute atomic E-state index is 13.2. The van der Waals surface area contributed by atoms with Crippen LogP contribution >= 0.6 is 11.3 Å². The molecule has 28 heavy (non-hydrogen) atoms. The topological polar surface area (TPSA) is 57.0 Å². The van der Waals surface area contributed by atoms with Gasteiger partial charge in [-0.2, -0.15) is 0 Å². The van der Waals surface area contributed by atoms with Crippen LogP contribution in [0.4, 0.5) is 0 Å². The van der Waals surface area contributed by atoms with E-state index >= 15 is 0 Å². The SMILES string of the molecule is COc1ccc(-c2cc(-c3nc(C)cs3)c(=O)n(C)c2-c2ccncc2)cc1. The summed E-state index contributed by atoms with van der Waals surface area (Å²) in [5.74, 6) is 0.787. The van der Waals surface area contributed by atoms with Crippen LogP contribution in [0.15, 0.2) is 65.0 Å². The Bertz CT molecular complexity index is 1180. The van der Waals surface area contributed by atoms with Gasteiger partial charge in [-0.3, -0.25) is 9.78 Å². The molecule has 4 rings (SSSR count). The summed E-state index contributed by atoms with van der Waals surface area (Å²) < 4.78 is 6.98. The van der Waals surface area contributed by atoms with Gasteiger partial charge in [0.1, 0.15) is 10.8 Å². The van der Waals surface area contributed by atoms with Gasteiger partial charge in [0.2, 0.25) is 0 Å². The number of pyridine rings is 2. The molecule has 0 saturated heterocycles. The van der Waals surface area contributed by atoms with Crippen LogP contribution in [0.2, 0.25) is 0 Å². The van der Waals surface area contributed by atoms with Gasteiger partial charge in [0.15, 0.2) is 0 Å². The Morgan fingerprint density at radius 1 is 1.00 bits per heavy atom. The molecule has 140 valence electrons. The van der Waals surface area contributed by atoms with Crippen LogP contribution in [0, 0.1) is 6.92 Å². The summed E-state index contributed by atoms with van der Waals surface area (Å²) in [7, 11) is 3.45. The first-order chi connectivity index (χ1) is 13.6. The summed E-state index contributed by atoms with van der Waals surface area (Å²) in [5, 5.41) is 2.69. The van der Waals surface area contributed by atoms with Crippen LogP contribution < -0.4 is 10.3 Å². The fraction of sp³-hybridized carbons (Fsp3) is 0.136. The first-order valence-corrected chi connectivity index (χ1v) is 9.68. The zero-order chi connectivity index (χ0) is 19.7. The Morgan fingerprint density at radius 3 is 2.32 bits per heavy atom. The summed E-state index contributed by atoms with van der Waals surface area (Å²) >= 11 is 1.48. The molecule has 0 atom stereocenters. The van der Waals surface area contributed by atoms with Crippen LogP contribution in [-0.4, -0.2) is 21.6 Å². The molecular formula is C22H19N3O2S. The monoisotopic (exact) mass is 389 g/mol. The molecule has 0 amide bonds. The second kappa shape index (κ2) is 7.40. The van der Waals surface area contributed by atoms with E-state index in [1.807, 2.05) is 54.8 Å². The summed E-state index contributed by atoms with van der Waals surface area (Å²) in [6.45, 7) is 1.93. The highest BCUT2D eigenvalue weighted by Gasteiger charge is 2.18. The number of aryl methyl sites for hydroxylation is 1. The van der Waals surface area contributed by atoms with E-state index in [2.05, 4.69) is 9.97 Å². The number of aromatic nitrogens is 3. The minimum absolute atomic E-state index is 0.0709. The van der Waals surface area contributed by atoms with Gasteiger partial charge >= 0.3 is 0 Å². The molecule has 0 saturated carbocycles. The minimum Gasteiger partial charge on any atom is -0.497 e. The quantitative estimate of drug-likeness (QED) is 0.514. The first-order valence-electron chi connectivity index (χ1n) is 8.80. The third kappa shape index (κ3) is 3.23. The largest absolute Gasteiger partial charge is 0.497 e. The zero-order valence-corrected chi connectivity index (χ0v) is 16.7. The molecule has 0 aliphatic rings. The van der Waals surface area contributed by atoms with Crippen molar-refractivity contribution in [2.75, 3.05) is 7.11 Å². The predicted octanol–water partition coefficient (Wildman–Crippen LogP) is 4.55. The number of nitrogens with zero attached hydrogens (tertiary/aromatic N) is 3. The van der Waals surface area contributed by atoms with Gasteiger partial charge in [0.05, 0.1) is 18.4 Å². The van der Waals surface area contributed by atoms with Gasteiger partial charge in [-0.05, 0) is 42.8 Å². The van der Waals surface area contributed by atoms with Crippen molar-refractivity contribution in [1.82, 2.24) is 14.5 Å². The highest BCUT2D eigenvalue weighted by atomic mass is 32.1. The molecule has 0 unspecified atom stereocenters. The third-order valence-electron chi connectivity index (χ3n) is 4.62. The van der Waals surface area contributed by atoms with Crippen LogP contribution in [0.1, 0.15) is 5.69 Å². The van der Waals surface area contributed by atoms with Crippen molar-refractivity contribution >= 4 is 11.3 Å².